The first-order chi connectivity index (χ1) is 12.6. The maximum Gasteiger partial charge on any atom is 0.192 e. The molecular formula is C18H19N4OPS2. The fraction of sp³-hybridized carbons (Fsp3) is 0.222. The second kappa shape index (κ2) is 6.74. The van der Waals surface area contributed by atoms with E-state index in [1.807, 2.05) is 72.0 Å². The zero-order valence-corrected chi connectivity index (χ0v) is 17.3. The van der Waals surface area contributed by atoms with Crippen LogP contribution in [0.5, 0.6) is 0 Å². The lowest BCUT2D eigenvalue weighted by molar-refractivity contribution is 0.363. The number of aryl methyl sites for hydroxylation is 1. The van der Waals surface area contributed by atoms with Crippen LogP contribution in [0.15, 0.2) is 52.8 Å². The highest BCUT2D eigenvalue weighted by molar-refractivity contribution is 8.15. The van der Waals surface area contributed by atoms with Crippen molar-refractivity contribution < 1.29 is 4.52 Å². The van der Waals surface area contributed by atoms with E-state index in [1.54, 1.807) is 11.3 Å². The van der Waals surface area contributed by atoms with Gasteiger partial charge in [0.15, 0.2) is 18.1 Å². The lowest BCUT2D eigenvalue weighted by Crippen LogP contribution is -2.34. The van der Waals surface area contributed by atoms with Gasteiger partial charge in [-0.1, -0.05) is 24.3 Å². The predicted molar refractivity (Wildman–Crippen MR) is 112 cm³/mol. The quantitative estimate of drug-likeness (QED) is 0.613. The molecule has 26 heavy (non-hydrogen) atoms. The van der Waals surface area contributed by atoms with Gasteiger partial charge in [0, 0.05) is 7.05 Å². The zero-order valence-electron chi connectivity index (χ0n) is 14.8. The molecule has 0 saturated heterocycles. The van der Waals surface area contributed by atoms with Gasteiger partial charge in [0.25, 0.3) is 0 Å². The summed E-state index contributed by atoms with van der Waals surface area (Å²) in [4.78, 5) is 6.05. The Hall–Kier alpha value is -1.79. The third-order valence-electron chi connectivity index (χ3n) is 4.25. The van der Waals surface area contributed by atoms with E-state index in [-0.39, 0.29) is 0 Å². The summed E-state index contributed by atoms with van der Waals surface area (Å²) in [6, 6.07) is 14.1. The van der Waals surface area contributed by atoms with Crippen molar-refractivity contribution in [1.29, 1.82) is 0 Å². The van der Waals surface area contributed by atoms with E-state index in [4.69, 9.17) is 26.4 Å². The molecule has 0 bridgehead atoms. The van der Waals surface area contributed by atoms with E-state index in [2.05, 4.69) is 6.07 Å². The van der Waals surface area contributed by atoms with E-state index >= 15 is 0 Å². The minimum absolute atomic E-state index is 0.550. The second-order valence-corrected chi connectivity index (χ2v) is 10.7. The molecule has 8 heteroatoms. The predicted octanol–water partition coefficient (Wildman–Crippen LogP) is 4.24. The molecule has 5 nitrogen and oxygen atoms in total. The largest absolute Gasteiger partial charge is 0.331 e. The van der Waals surface area contributed by atoms with Crippen LogP contribution in [-0.4, -0.2) is 33.9 Å². The Morgan fingerprint density at radius 3 is 2.62 bits per heavy atom. The SMILES string of the molecule is CCOP1(=S)c2c(C)nn(-c3ccccc3)c2N=C(c2cccs2)N1C. The summed E-state index contributed by atoms with van der Waals surface area (Å²) in [7, 11) is 1.98. The number of nitrogens with zero attached hydrogens (tertiary/aromatic N) is 4. The normalized spacial score (nSPS) is 19.3. The highest BCUT2D eigenvalue weighted by atomic mass is 32.4. The summed E-state index contributed by atoms with van der Waals surface area (Å²) in [5.74, 6) is 1.63. The third kappa shape index (κ3) is 2.67. The van der Waals surface area contributed by atoms with Gasteiger partial charge in [-0.05, 0) is 49.2 Å². The number of para-hydroxylation sites is 1. The molecule has 3 aromatic rings. The molecule has 0 amide bonds. The van der Waals surface area contributed by atoms with Gasteiger partial charge in [-0.3, -0.25) is 0 Å². The average Bonchev–Trinajstić information content (AvgIpc) is 3.27. The van der Waals surface area contributed by atoms with Gasteiger partial charge in [-0.15, -0.1) is 11.3 Å². The lowest BCUT2D eigenvalue weighted by atomic mass is 10.3. The number of hydrogen-bond donors (Lipinski definition) is 0. The van der Waals surface area contributed by atoms with Crippen molar-refractivity contribution in [2.45, 2.75) is 13.8 Å². The van der Waals surface area contributed by atoms with E-state index in [9.17, 15) is 0 Å². The van der Waals surface area contributed by atoms with Gasteiger partial charge in [-0.25, -0.2) is 9.67 Å². The molecule has 4 rings (SSSR count). The van der Waals surface area contributed by atoms with Crippen molar-refractivity contribution in [3.05, 3.63) is 58.4 Å². The van der Waals surface area contributed by atoms with Gasteiger partial charge >= 0.3 is 0 Å². The van der Waals surface area contributed by atoms with Gasteiger partial charge in [0.1, 0.15) is 0 Å². The lowest BCUT2D eigenvalue weighted by Gasteiger charge is -2.36. The van der Waals surface area contributed by atoms with E-state index in [0.717, 1.165) is 33.2 Å². The molecule has 1 unspecified atom stereocenters. The van der Waals surface area contributed by atoms with Crippen LogP contribution >= 0.6 is 17.8 Å². The van der Waals surface area contributed by atoms with Crippen LogP contribution < -0.4 is 5.30 Å². The molecule has 0 spiro atoms. The molecule has 134 valence electrons. The molecular weight excluding hydrogens is 383 g/mol. The number of amidine groups is 1. The average molecular weight is 402 g/mol. The Balaban J connectivity index is 2.01. The molecule has 1 aromatic carbocycles. The van der Waals surface area contributed by atoms with E-state index < -0.39 is 6.42 Å². The molecule has 0 fully saturated rings. The van der Waals surface area contributed by atoms with Gasteiger partial charge in [0.2, 0.25) is 0 Å². The van der Waals surface area contributed by atoms with Crippen molar-refractivity contribution in [1.82, 2.24) is 14.5 Å². The fourth-order valence-corrected chi connectivity index (χ4v) is 7.29. The minimum Gasteiger partial charge on any atom is -0.331 e. The smallest absolute Gasteiger partial charge is 0.192 e. The Kier molecular flexibility index (Phi) is 4.57. The molecule has 0 radical (unpaired) electrons. The van der Waals surface area contributed by atoms with Gasteiger partial charge in [-0.2, -0.15) is 5.10 Å². The summed E-state index contributed by atoms with van der Waals surface area (Å²) >= 11 is 7.77. The Labute approximate surface area is 162 Å². The summed E-state index contributed by atoms with van der Waals surface area (Å²) in [6.45, 7) is 4.52. The zero-order chi connectivity index (χ0) is 18.3. The number of thiophene rings is 1. The molecule has 2 aromatic heterocycles. The highest BCUT2D eigenvalue weighted by Crippen LogP contribution is 2.55. The van der Waals surface area contributed by atoms with Crippen molar-refractivity contribution in [3.63, 3.8) is 0 Å². The van der Waals surface area contributed by atoms with Crippen LogP contribution in [0.3, 0.4) is 0 Å². The first kappa shape index (κ1) is 17.6. The Bertz CT molecular complexity index is 1010. The molecule has 3 heterocycles. The third-order valence-corrected chi connectivity index (χ3v) is 9.39. The monoisotopic (exact) mass is 402 g/mol. The van der Waals surface area contributed by atoms with Crippen LogP contribution in [0.25, 0.3) is 5.69 Å². The van der Waals surface area contributed by atoms with Crippen LogP contribution in [0, 0.1) is 6.92 Å². The number of aromatic nitrogens is 2. The van der Waals surface area contributed by atoms with Crippen molar-refractivity contribution >= 4 is 46.5 Å². The van der Waals surface area contributed by atoms with Crippen LogP contribution in [0.1, 0.15) is 17.5 Å². The maximum absolute atomic E-state index is 6.19. The molecule has 0 saturated carbocycles. The van der Waals surface area contributed by atoms with Gasteiger partial charge < -0.3 is 9.19 Å². The Morgan fingerprint density at radius 2 is 1.96 bits per heavy atom. The minimum atomic E-state index is -2.47. The maximum atomic E-state index is 6.19. The number of aliphatic imine (C=N–C) groups is 1. The van der Waals surface area contributed by atoms with E-state index in [1.165, 1.54) is 0 Å². The molecule has 1 aliphatic heterocycles. The topological polar surface area (TPSA) is 42.6 Å². The standard InChI is InChI=1S/C18H19N4OPS2/c1-4-23-24(25)16-13(2)20-22(14-9-6-5-7-10-14)18(16)19-17(21(24)3)15-11-8-12-26-15/h5-12H,4H2,1-3H3. The summed E-state index contributed by atoms with van der Waals surface area (Å²) < 4.78 is 10.1. The molecule has 1 atom stereocenters. The summed E-state index contributed by atoms with van der Waals surface area (Å²) in [6.07, 6.45) is -2.47. The van der Waals surface area contributed by atoms with E-state index in [0.29, 0.717) is 6.61 Å². The number of rotatable bonds is 4. The van der Waals surface area contributed by atoms with Crippen molar-refractivity contribution in [2.75, 3.05) is 13.7 Å². The van der Waals surface area contributed by atoms with Crippen molar-refractivity contribution in [3.8, 4) is 5.69 Å². The summed E-state index contributed by atoms with van der Waals surface area (Å²) in [5.41, 5.74) is 1.84. The number of benzene rings is 1. The van der Waals surface area contributed by atoms with Crippen LogP contribution in [0.4, 0.5) is 5.82 Å². The highest BCUT2D eigenvalue weighted by Gasteiger charge is 2.40. The fourth-order valence-electron chi connectivity index (χ4n) is 3.08. The van der Waals surface area contributed by atoms with Crippen LogP contribution in [0.2, 0.25) is 0 Å². The molecule has 1 aliphatic rings. The van der Waals surface area contributed by atoms with Gasteiger partial charge in [0.05, 0.1) is 28.2 Å². The molecule has 0 aliphatic carbocycles. The first-order valence-corrected chi connectivity index (χ1v) is 11.9. The van der Waals surface area contributed by atoms with Crippen molar-refractivity contribution in [2.24, 2.45) is 4.99 Å². The summed E-state index contributed by atoms with van der Waals surface area (Å²) in [5, 5.41) is 7.75. The second-order valence-electron chi connectivity index (χ2n) is 5.88. The Morgan fingerprint density at radius 1 is 1.19 bits per heavy atom. The first-order valence-electron chi connectivity index (χ1n) is 8.33. The van der Waals surface area contributed by atoms with Crippen LogP contribution in [-0.2, 0) is 16.3 Å². The number of hydrogen-bond acceptors (Lipinski definition) is 5. The molecule has 0 N–H and O–H groups in total. The number of fused-ring (bicyclic) bond motifs is 1.